The molecule has 4 N–H and O–H groups in total. The fraction of sp³-hybridized carbons (Fsp3) is 0.919. The number of aliphatic hydroxyl groups excluding tert-OH is 1. The van der Waals surface area contributed by atoms with Gasteiger partial charge in [-0.15, -0.1) is 0 Å². The van der Waals surface area contributed by atoms with Gasteiger partial charge >= 0.3 is 17.9 Å². The number of rotatable bonds is 30. The first-order valence-electron chi connectivity index (χ1n) is 18.4. The molecule has 0 aromatic carbocycles. The molecule has 270 valence electrons. The first-order chi connectivity index (χ1) is 21.3. The van der Waals surface area contributed by atoms with E-state index in [9.17, 15) is 14.4 Å². The van der Waals surface area contributed by atoms with E-state index in [1.54, 1.807) is 0 Å². The minimum Gasteiger partial charge on any atom is -0.481 e. The van der Waals surface area contributed by atoms with Crippen molar-refractivity contribution in [1.82, 2.24) is 0 Å². The normalized spacial score (nSPS) is 9.80. The summed E-state index contributed by atoms with van der Waals surface area (Å²) >= 11 is 0. The Morgan fingerprint density at radius 1 is 0.311 bits per heavy atom. The largest absolute Gasteiger partial charge is 0.481 e. The van der Waals surface area contributed by atoms with E-state index in [-0.39, 0.29) is 26.2 Å². The second-order valence-corrected chi connectivity index (χ2v) is 11.9. The second-order valence-electron chi connectivity index (χ2n) is 11.9. The van der Waals surface area contributed by atoms with Crippen molar-refractivity contribution in [3.8, 4) is 0 Å². The number of carboxylic acid groups (broad SMARTS) is 3. The van der Waals surface area contributed by atoms with Gasteiger partial charge in [-0.2, -0.15) is 0 Å². The zero-order chi connectivity index (χ0) is 33.9. The number of aliphatic carboxylic acids is 3. The van der Waals surface area contributed by atoms with Crippen LogP contribution in [-0.2, 0) is 40.6 Å². The Hall–Kier alpha value is -0.747. The summed E-state index contributed by atoms with van der Waals surface area (Å²) in [5.74, 6) is -1.98. The van der Waals surface area contributed by atoms with Gasteiger partial charge in [0.1, 0.15) is 0 Å². The van der Waals surface area contributed by atoms with E-state index >= 15 is 0 Å². The van der Waals surface area contributed by atoms with E-state index in [0.717, 1.165) is 45.6 Å². The fourth-order valence-electron chi connectivity index (χ4n) is 4.76. The predicted molar refractivity (Wildman–Crippen MR) is 187 cm³/mol. The van der Waals surface area contributed by atoms with Crippen LogP contribution in [0.3, 0.4) is 0 Å². The molecule has 0 aliphatic rings. The Bertz CT molecular complexity index is 483. The predicted octanol–water partition coefficient (Wildman–Crippen LogP) is 11.6. The average Bonchev–Trinajstić information content (AvgIpc) is 3.00. The summed E-state index contributed by atoms with van der Waals surface area (Å²) in [7, 11) is 1.00. The second kappa shape index (κ2) is 52.8. The molecule has 0 aliphatic carbocycles. The number of carbonyl (C=O) groups is 3. The standard InChI is InChI=1S/3C12H24O2.CH4O.Zr/c3*1-2-3-4-5-6-7-8-9-10-11-12(13)14;1-2;/h3*2-11H2,1H3,(H,13,14);2H,1H3;. The van der Waals surface area contributed by atoms with Crippen molar-refractivity contribution in [3.63, 3.8) is 0 Å². The van der Waals surface area contributed by atoms with Crippen LogP contribution in [0.2, 0.25) is 0 Å². The Labute approximate surface area is 298 Å². The quantitative estimate of drug-likeness (QED) is 0.0542. The van der Waals surface area contributed by atoms with E-state index in [1.807, 2.05) is 0 Å². The zero-order valence-corrected chi connectivity index (χ0v) is 32.7. The maximum absolute atomic E-state index is 10.2. The van der Waals surface area contributed by atoms with Crippen LogP contribution in [0.5, 0.6) is 0 Å². The summed E-state index contributed by atoms with van der Waals surface area (Å²) in [4.78, 5) is 30.6. The van der Waals surface area contributed by atoms with Crippen molar-refractivity contribution in [2.24, 2.45) is 0 Å². The number of aliphatic hydroxyl groups is 1. The molecule has 0 rings (SSSR count). The Kier molecular flexibility index (Phi) is 63.0. The van der Waals surface area contributed by atoms with Crippen molar-refractivity contribution >= 4 is 17.9 Å². The molecule has 0 saturated carbocycles. The molecule has 0 amide bonds. The number of hydrogen-bond donors (Lipinski definition) is 4. The zero-order valence-electron chi connectivity index (χ0n) is 30.2. The summed E-state index contributed by atoms with van der Waals surface area (Å²) in [6.07, 6.45) is 34.4. The van der Waals surface area contributed by atoms with Gasteiger partial charge in [-0.05, 0) is 19.3 Å². The molecule has 0 bridgehead atoms. The van der Waals surface area contributed by atoms with Gasteiger partial charge in [0.2, 0.25) is 0 Å². The van der Waals surface area contributed by atoms with Gasteiger partial charge in [0.15, 0.2) is 0 Å². The number of carboxylic acids is 3. The summed E-state index contributed by atoms with van der Waals surface area (Å²) in [6, 6.07) is 0. The van der Waals surface area contributed by atoms with E-state index in [1.165, 1.54) is 135 Å². The van der Waals surface area contributed by atoms with Crippen LogP contribution in [0.4, 0.5) is 0 Å². The van der Waals surface area contributed by atoms with Gasteiger partial charge < -0.3 is 20.4 Å². The van der Waals surface area contributed by atoms with Gasteiger partial charge in [-0.1, -0.05) is 175 Å². The summed E-state index contributed by atoms with van der Waals surface area (Å²) in [6.45, 7) is 6.68. The van der Waals surface area contributed by atoms with E-state index in [2.05, 4.69) is 20.8 Å². The van der Waals surface area contributed by atoms with Crippen molar-refractivity contribution in [1.29, 1.82) is 0 Å². The van der Waals surface area contributed by atoms with Crippen LogP contribution in [0.15, 0.2) is 0 Å². The van der Waals surface area contributed by atoms with Crippen molar-refractivity contribution < 1.29 is 61.0 Å². The molecular formula is C37H76O7Zr. The third-order valence-electron chi connectivity index (χ3n) is 7.48. The minimum absolute atomic E-state index is 0. The molecule has 0 unspecified atom stereocenters. The van der Waals surface area contributed by atoms with Crippen molar-refractivity contribution in [3.05, 3.63) is 0 Å². The third kappa shape index (κ3) is 70.8. The van der Waals surface area contributed by atoms with Crippen LogP contribution < -0.4 is 0 Å². The minimum atomic E-state index is -0.659. The summed E-state index contributed by atoms with van der Waals surface area (Å²) in [5.41, 5.74) is 0. The molecule has 0 spiro atoms. The molecule has 0 fully saturated rings. The van der Waals surface area contributed by atoms with E-state index in [0.29, 0.717) is 19.3 Å². The number of hydrogen-bond acceptors (Lipinski definition) is 4. The van der Waals surface area contributed by atoms with Gasteiger partial charge in [0.05, 0.1) is 0 Å². The summed E-state index contributed by atoms with van der Waals surface area (Å²) < 4.78 is 0. The topological polar surface area (TPSA) is 132 Å². The third-order valence-corrected chi connectivity index (χ3v) is 7.48. The molecule has 0 heterocycles. The van der Waals surface area contributed by atoms with Crippen molar-refractivity contribution in [2.45, 2.75) is 213 Å². The van der Waals surface area contributed by atoms with Gasteiger partial charge in [-0.25, -0.2) is 0 Å². The van der Waals surface area contributed by atoms with Crippen LogP contribution in [0.25, 0.3) is 0 Å². The Balaban J connectivity index is -0.000000171. The maximum atomic E-state index is 10.2. The average molecular weight is 724 g/mol. The molecule has 8 heteroatoms. The molecule has 0 aromatic rings. The van der Waals surface area contributed by atoms with Gasteiger partial charge in [-0.3, -0.25) is 14.4 Å². The van der Waals surface area contributed by atoms with Crippen LogP contribution in [0, 0.1) is 0 Å². The van der Waals surface area contributed by atoms with Gasteiger partial charge in [0, 0.05) is 52.6 Å². The SMILES string of the molecule is CCCCCCCCCCCC(=O)O.CCCCCCCCCCCC(=O)O.CCCCCCCCCCCC(=O)O.CO.[Zr]. The van der Waals surface area contributed by atoms with E-state index < -0.39 is 17.9 Å². The smallest absolute Gasteiger partial charge is 0.303 e. The monoisotopic (exact) mass is 722 g/mol. The molecule has 0 radical (unpaired) electrons. The van der Waals surface area contributed by atoms with E-state index in [4.69, 9.17) is 20.4 Å². The van der Waals surface area contributed by atoms with Gasteiger partial charge in [0.25, 0.3) is 0 Å². The van der Waals surface area contributed by atoms with Crippen LogP contribution >= 0.6 is 0 Å². The maximum Gasteiger partial charge on any atom is 0.303 e. The van der Waals surface area contributed by atoms with Crippen LogP contribution in [-0.4, -0.2) is 45.4 Å². The Morgan fingerprint density at radius 3 is 0.578 bits per heavy atom. The summed E-state index contributed by atoms with van der Waals surface area (Å²) in [5, 5.41) is 32.2. The molecule has 0 aromatic heterocycles. The number of unbranched alkanes of at least 4 members (excludes halogenated alkanes) is 24. The van der Waals surface area contributed by atoms with Crippen LogP contribution in [0.1, 0.15) is 213 Å². The molecule has 45 heavy (non-hydrogen) atoms. The first kappa shape index (κ1) is 53.7. The molecule has 0 saturated heterocycles. The molecule has 7 nitrogen and oxygen atoms in total. The van der Waals surface area contributed by atoms with Crippen molar-refractivity contribution in [2.75, 3.05) is 7.11 Å². The first-order valence-corrected chi connectivity index (χ1v) is 18.4. The Morgan fingerprint density at radius 2 is 0.444 bits per heavy atom. The molecular weight excluding hydrogens is 648 g/mol. The fourth-order valence-corrected chi connectivity index (χ4v) is 4.76. The molecule has 0 atom stereocenters. The molecule has 0 aliphatic heterocycles.